The molecular formula is C14H20N2O. The first kappa shape index (κ1) is 11.2. The average molecular weight is 232 g/mol. The lowest BCUT2D eigenvalue weighted by Crippen LogP contribution is -2.32. The van der Waals surface area contributed by atoms with Crippen LogP contribution >= 0.6 is 0 Å². The van der Waals surface area contributed by atoms with Crippen LogP contribution in [0, 0.1) is 0 Å². The van der Waals surface area contributed by atoms with E-state index >= 15 is 0 Å². The largest absolute Gasteiger partial charge is 0.372 e. The Morgan fingerprint density at radius 3 is 3.06 bits per heavy atom. The van der Waals surface area contributed by atoms with E-state index in [1.807, 2.05) is 0 Å². The SMILES string of the molecule is N[C@@H]1CCN(CC2OCCc3ccccc32)C1. The molecule has 0 amide bonds. The van der Waals surface area contributed by atoms with Crippen LogP contribution < -0.4 is 5.73 Å². The molecule has 0 spiro atoms. The van der Waals surface area contributed by atoms with E-state index in [0.29, 0.717) is 6.04 Å². The quantitative estimate of drug-likeness (QED) is 0.836. The summed E-state index contributed by atoms with van der Waals surface area (Å²) < 4.78 is 5.92. The Morgan fingerprint density at radius 1 is 1.35 bits per heavy atom. The second-order valence-electron chi connectivity index (χ2n) is 5.12. The number of benzene rings is 1. The second kappa shape index (κ2) is 4.77. The molecule has 3 heteroatoms. The van der Waals surface area contributed by atoms with Crippen LogP contribution in [0.4, 0.5) is 0 Å². The maximum atomic E-state index is 5.94. The van der Waals surface area contributed by atoms with Crippen LogP contribution in [0.25, 0.3) is 0 Å². The Morgan fingerprint density at radius 2 is 2.24 bits per heavy atom. The van der Waals surface area contributed by atoms with Crippen LogP contribution in [0.3, 0.4) is 0 Å². The van der Waals surface area contributed by atoms with E-state index in [0.717, 1.165) is 39.1 Å². The van der Waals surface area contributed by atoms with Crippen molar-refractivity contribution in [2.75, 3.05) is 26.2 Å². The Labute approximate surface area is 103 Å². The first-order chi connectivity index (χ1) is 8.33. The van der Waals surface area contributed by atoms with Crippen LogP contribution in [-0.2, 0) is 11.2 Å². The Balaban J connectivity index is 1.72. The lowest BCUT2D eigenvalue weighted by atomic mass is 9.97. The zero-order valence-electron chi connectivity index (χ0n) is 10.1. The topological polar surface area (TPSA) is 38.5 Å². The van der Waals surface area contributed by atoms with Crippen molar-refractivity contribution in [3.8, 4) is 0 Å². The van der Waals surface area contributed by atoms with Gasteiger partial charge in [0.05, 0.1) is 12.7 Å². The summed E-state index contributed by atoms with van der Waals surface area (Å²) in [5.41, 5.74) is 8.77. The highest BCUT2D eigenvalue weighted by molar-refractivity contribution is 5.31. The van der Waals surface area contributed by atoms with Gasteiger partial charge >= 0.3 is 0 Å². The predicted octanol–water partition coefficient (Wildman–Crippen LogP) is 1.33. The smallest absolute Gasteiger partial charge is 0.0954 e. The molecule has 1 saturated heterocycles. The van der Waals surface area contributed by atoms with Crippen LogP contribution in [0.5, 0.6) is 0 Å². The van der Waals surface area contributed by atoms with Gasteiger partial charge in [-0.25, -0.2) is 0 Å². The second-order valence-corrected chi connectivity index (χ2v) is 5.12. The Hall–Kier alpha value is -0.900. The minimum absolute atomic E-state index is 0.241. The van der Waals surface area contributed by atoms with Crippen molar-refractivity contribution in [3.63, 3.8) is 0 Å². The molecule has 2 atom stereocenters. The molecule has 2 heterocycles. The number of hydrogen-bond acceptors (Lipinski definition) is 3. The molecule has 0 bridgehead atoms. The number of likely N-dealkylation sites (tertiary alicyclic amines) is 1. The fourth-order valence-corrected chi connectivity index (χ4v) is 2.89. The number of ether oxygens (including phenoxy) is 1. The van der Waals surface area contributed by atoms with Gasteiger partial charge in [0.2, 0.25) is 0 Å². The lowest BCUT2D eigenvalue weighted by Gasteiger charge is -2.29. The molecule has 0 aromatic heterocycles. The fourth-order valence-electron chi connectivity index (χ4n) is 2.89. The standard InChI is InChI=1S/C14H20N2O/c15-12-5-7-16(9-12)10-14-13-4-2-1-3-11(13)6-8-17-14/h1-4,12,14H,5-10,15H2/t12-,14?/m1/s1. The highest BCUT2D eigenvalue weighted by atomic mass is 16.5. The molecule has 2 N–H and O–H groups in total. The van der Waals surface area contributed by atoms with Crippen molar-refractivity contribution in [1.29, 1.82) is 0 Å². The zero-order valence-corrected chi connectivity index (χ0v) is 10.1. The van der Waals surface area contributed by atoms with Gasteiger partial charge in [0.25, 0.3) is 0 Å². The lowest BCUT2D eigenvalue weighted by molar-refractivity contribution is 0.0204. The Kier molecular flexibility index (Phi) is 3.14. The fraction of sp³-hybridized carbons (Fsp3) is 0.571. The number of nitrogens with zero attached hydrogens (tertiary/aromatic N) is 1. The molecule has 1 aromatic rings. The number of nitrogens with two attached hydrogens (primary N) is 1. The van der Waals surface area contributed by atoms with Crippen molar-refractivity contribution in [1.82, 2.24) is 4.90 Å². The van der Waals surface area contributed by atoms with Gasteiger partial charge in [-0.1, -0.05) is 24.3 Å². The van der Waals surface area contributed by atoms with Crippen molar-refractivity contribution < 1.29 is 4.74 Å². The molecule has 92 valence electrons. The summed E-state index contributed by atoms with van der Waals surface area (Å²) in [4.78, 5) is 2.43. The molecule has 3 nitrogen and oxygen atoms in total. The summed E-state index contributed by atoms with van der Waals surface area (Å²) in [6.45, 7) is 3.97. The first-order valence-electron chi connectivity index (χ1n) is 6.50. The minimum Gasteiger partial charge on any atom is -0.372 e. The third-order valence-corrected chi connectivity index (χ3v) is 3.83. The van der Waals surface area contributed by atoms with Gasteiger partial charge in [-0.2, -0.15) is 0 Å². The van der Waals surface area contributed by atoms with Crippen molar-refractivity contribution >= 4 is 0 Å². The minimum atomic E-state index is 0.241. The van der Waals surface area contributed by atoms with Gasteiger partial charge in [-0.05, 0) is 30.5 Å². The number of hydrogen-bond donors (Lipinski definition) is 1. The van der Waals surface area contributed by atoms with Crippen LogP contribution in [0.15, 0.2) is 24.3 Å². The van der Waals surface area contributed by atoms with Crippen LogP contribution in [-0.4, -0.2) is 37.2 Å². The maximum Gasteiger partial charge on any atom is 0.0954 e. The van der Waals surface area contributed by atoms with Crippen molar-refractivity contribution in [3.05, 3.63) is 35.4 Å². The molecular weight excluding hydrogens is 212 g/mol. The third-order valence-electron chi connectivity index (χ3n) is 3.83. The number of rotatable bonds is 2. The summed E-state index contributed by atoms with van der Waals surface area (Å²) in [5.74, 6) is 0. The van der Waals surface area contributed by atoms with Crippen LogP contribution in [0.2, 0.25) is 0 Å². The Bertz CT molecular complexity index is 394. The molecule has 1 fully saturated rings. The van der Waals surface area contributed by atoms with Gasteiger partial charge in [0.1, 0.15) is 0 Å². The monoisotopic (exact) mass is 232 g/mol. The molecule has 2 aliphatic rings. The average Bonchev–Trinajstić information content (AvgIpc) is 2.75. The highest BCUT2D eigenvalue weighted by Gasteiger charge is 2.26. The number of fused-ring (bicyclic) bond motifs is 1. The van der Waals surface area contributed by atoms with Gasteiger partial charge in [-0.3, -0.25) is 4.90 Å². The molecule has 2 aliphatic heterocycles. The summed E-state index contributed by atoms with van der Waals surface area (Å²) in [5, 5.41) is 0. The summed E-state index contributed by atoms with van der Waals surface area (Å²) >= 11 is 0. The van der Waals surface area contributed by atoms with E-state index in [4.69, 9.17) is 10.5 Å². The van der Waals surface area contributed by atoms with Gasteiger partial charge in [0.15, 0.2) is 0 Å². The third kappa shape index (κ3) is 2.37. The maximum absolute atomic E-state index is 5.94. The van der Waals surface area contributed by atoms with E-state index in [9.17, 15) is 0 Å². The molecule has 0 radical (unpaired) electrons. The molecule has 0 aliphatic carbocycles. The van der Waals surface area contributed by atoms with E-state index in [2.05, 4.69) is 29.2 Å². The molecule has 0 saturated carbocycles. The predicted molar refractivity (Wildman–Crippen MR) is 67.9 cm³/mol. The van der Waals surface area contributed by atoms with E-state index < -0.39 is 0 Å². The summed E-state index contributed by atoms with van der Waals surface area (Å²) in [7, 11) is 0. The van der Waals surface area contributed by atoms with Crippen molar-refractivity contribution in [2.45, 2.75) is 25.0 Å². The molecule has 1 unspecified atom stereocenters. The summed E-state index contributed by atoms with van der Waals surface area (Å²) in [6.07, 6.45) is 2.41. The molecule has 1 aromatic carbocycles. The highest BCUT2D eigenvalue weighted by Crippen LogP contribution is 2.28. The zero-order chi connectivity index (χ0) is 11.7. The van der Waals surface area contributed by atoms with Gasteiger partial charge in [-0.15, -0.1) is 0 Å². The molecule has 3 rings (SSSR count). The summed E-state index contributed by atoms with van der Waals surface area (Å²) in [6, 6.07) is 9.01. The van der Waals surface area contributed by atoms with E-state index in [-0.39, 0.29) is 6.10 Å². The van der Waals surface area contributed by atoms with Gasteiger partial charge in [0, 0.05) is 19.1 Å². The van der Waals surface area contributed by atoms with Gasteiger partial charge < -0.3 is 10.5 Å². The van der Waals surface area contributed by atoms with Crippen molar-refractivity contribution in [2.24, 2.45) is 5.73 Å². The molecule has 17 heavy (non-hydrogen) atoms. The first-order valence-corrected chi connectivity index (χ1v) is 6.50. The van der Waals surface area contributed by atoms with E-state index in [1.54, 1.807) is 0 Å². The van der Waals surface area contributed by atoms with Crippen LogP contribution in [0.1, 0.15) is 23.7 Å². The van der Waals surface area contributed by atoms with E-state index in [1.165, 1.54) is 11.1 Å². The normalized spacial score (nSPS) is 29.2.